The lowest BCUT2D eigenvalue weighted by Gasteiger charge is -2.09. The molecule has 1 amide bonds. The van der Waals surface area contributed by atoms with Gasteiger partial charge in [-0.2, -0.15) is 5.10 Å². The van der Waals surface area contributed by atoms with Crippen LogP contribution in [0.3, 0.4) is 0 Å². The van der Waals surface area contributed by atoms with Crippen molar-refractivity contribution in [3.8, 4) is 0 Å². The predicted molar refractivity (Wildman–Crippen MR) is 107 cm³/mol. The van der Waals surface area contributed by atoms with Crippen LogP contribution in [0.4, 0.5) is 5.69 Å². The second kappa shape index (κ2) is 12.0. The van der Waals surface area contributed by atoms with Gasteiger partial charge in [0.15, 0.2) is 5.11 Å². The Bertz CT molecular complexity index is 662. The maximum Gasteiger partial charge on any atom is 0.305 e. The zero-order valence-electron chi connectivity index (χ0n) is 15.4. The van der Waals surface area contributed by atoms with Crippen LogP contribution >= 0.6 is 12.2 Å². The second-order valence-corrected chi connectivity index (χ2v) is 6.12. The summed E-state index contributed by atoms with van der Waals surface area (Å²) in [6, 6.07) is 7.42. The molecule has 0 aliphatic heterocycles. The van der Waals surface area contributed by atoms with E-state index in [0.29, 0.717) is 18.1 Å². The van der Waals surface area contributed by atoms with Crippen molar-refractivity contribution in [2.24, 2.45) is 5.10 Å². The molecular weight excluding hydrogens is 352 g/mol. The standard InChI is InChI=1S/C18H26N4O3S/c1-13(15-8-7-9-16(12-15)20-14(2)23)21-22-18(26)19-11-6-4-5-10-17(24)25-3/h7-9,12H,4-6,10-11H2,1-3H3,(H,20,23)(H2,19,22,26)/b21-13-. The normalized spacial score (nSPS) is 10.8. The van der Waals surface area contributed by atoms with Gasteiger partial charge < -0.3 is 15.4 Å². The Hall–Kier alpha value is -2.48. The topological polar surface area (TPSA) is 91.8 Å². The lowest BCUT2D eigenvalue weighted by Crippen LogP contribution is -2.33. The highest BCUT2D eigenvalue weighted by molar-refractivity contribution is 7.80. The van der Waals surface area contributed by atoms with Gasteiger partial charge in [-0.25, -0.2) is 0 Å². The smallest absolute Gasteiger partial charge is 0.305 e. The Morgan fingerprint density at radius 1 is 1.19 bits per heavy atom. The highest BCUT2D eigenvalue weighted by atomic mass is 32.1. The quantitative estimate of drug-likeness (QED) is 0.201. The SMILES string of the molecule is COC(=O)CCCCCNC(=S)N/N=C(/C)c1cccc(NC(C)=O)c1. The third kappa shape index (κ3) is 9.12. The molecule has 1 aromatic rings. The van der Waals surface area contributed by atoms with E-state index in [9.17, 15) is 9.59 Å². The fourth-order valence-corrected chi connectivity index (χ4v) is 2.29. The molecule has 142 valence electrons. The number of thiocarbonyl (C=S) groups is 1. The third-order valence-electron chi connectivity index (χ3n) is 3.50. The number of hydrogen-bond donors (Lipinski definition) is 3. The number of esters is 1. The summed E-state index contributed by atoms with van der Waals surface area (Å²) in [7, 11) is 1.40. The largest absolute Gasteiger partial charge is 0.469 e. The number of nitrogens with one attached hydrogen (secondary N) is 3. The van der Waals surface area contributed by atoms with Crippen molar-refractivity contribution in [3.63, 3.8) is 0 Å². The summed E-state index contributed by atoms with van der Waals surface area (Å²) in [6.45, 7) is 4.03. The van der Waals surface area contributed by atoms with Crippen LogP contribution < -0.4 is 16.1 Å². The van der Waals surface area contributed by atoms with Crippen molar-refractivity contribution in [2.75, 3.05) is 19.0 Å². The van der Waals surface area contributed by atoms with Crippen LogP contribution in [0.5, 0.6) is 0 Å². The highest BCUT2D eigenvalue weighted by Gasteiger charge is 2.02. The monoisotopic (exact) mass is 378 g/mol. The van der Waals surface area contributed by atoms with Crippen molar-refractivity contribution >= 4 is 40.6 Å². The molecule has 0 spiro atoms. The van der Waals surface area contributed by atoms with E-state index in [0.717, 1.165) is 36.2 Å². The lowest BCUT2D eigenvalue weighted by atomic mass is 10.1. The number of benzene rings is 1. The fourth-order valence-electron chi connectivity index (χ4n) is 2.14. The zero-order valence-corrected chi connectivity index (χ0v) is 16.2. The maximum atomic E-state index is 11.1. The fraction of sp³-hybridized carbons (Fsp3) is 0.444. The number of amides is 1. The third-order valence-corrected chi connectivity index (χ3v) is 3.73. The number of carbonyl (C=O) groups excluding carboxylic acids is 2. The second-order valence-electron chi connectivity index (χ2n) is 5.71. The first kappa shape index (κ1) is 21.6. The van der Waals surface area contributed by atoms with Crippen LogP contribution in [0.2, 0.25) is 0 Å². The summed E-state index contributed by atoms with van der Waals surface area (Å²) in [6.07, 6.45) is 3.07. The molecule has 26 heavy (non-hydrogen) atoms. The molecule has 0 saturated carbocycles. The molecule has 1 rings (SSSR count). The summed E-state index contributed by atoms with van der Waals surface area (Å²) in [5.41, 5.74) is 5.16. The number of unbranched alkanes of at least 4 members (excludes halogenated alkanes) is 2. The molecule has 3 N–H and O–H groups in total. The van der Waals surface area contributed by atoms with E-state index in [1.165, 1.54) is 14.0 Å². The van der Waals surface area contributed by atoms with Gasteiger partial charge in [-0.3, -0.25) is 15.0 Å². The van der Waals surface area contributed by atoms with E-state index in [-0.39, 0.29) is 11.9 Å². The van der Waals surface area contributed by atoms with Crippen molar-refractivity contribution < 1.29 is 14.3 Å². The molecule has 0 atom stereocenters. The van der Waals surface area contributed by atoms with E-state index in [4.69, 9.17) is 12.2 Å². The summed E-state index contributed by atoms with van der Waals surface area (Å²) in [5, 5.41) is 10.5. The minimum atomic E-state index is -0.178. The summed E-state index contributed by atoms with van der Waals surface area (Å²) < 4.78 is 4.59. The number of anilines is 1. The molecule has 0 aliphatic carbocycles. The Labute approximate surface area is 159 Å². The molecule has 0 radical (unpaired) electrons. The maximum absolute atomic E-state index is 11.1. The minimum absolute atomic E-state index is 0.119. The highest BCUT2D eigenvalue weighted by Crippen LogP contribution is 2.11. The number of hydrazone groups is 1. The van der Waals surface area contributed by atoms with Gasteiger partial charge in [-0.05, 0) is 49.7 Å². The molecule has 0 fully saturated rings. The molecule has 0 bridgehead atoms. The molecule has 0 aliphatic rings. The molecule has 7 nitrogen and oxygen atoms in total. The molecular formula is C18H26N4O3S. The first-order valence-corrected chi connectivity index (χ1v) is 8.86. The first-order chi connectivity index (χ1) is 12.4. The number of ether oxygens (including phenoxy) is 1. The Kier molecular flexibility index (Phi) is 9.93. The van der Waals surface area contributed by atoms with Gasteiger partial charge in [-0.15, -0.1) is 0 Å². The van der Waals surface area contributed by atoms with Crippen LogP contribution in [0.1, 0.15) is 45.1 Å². The Balaban J connectivity index is 2.34. The molecule has 0 saturated heterocycles. The van der Waals surface area contributed by atoms with Crippen LogP contribution in [-0.4, -0.2) is 36.4 Å². The molecule has 8 heteroatoms. The number of hydrogen-bond acceptors (Lipinski definition) is 5. The van der Waals surface area contributed by atoms with Crippen molar-refractivity contribution in [2.45, 2.75) is 39.5 Å². The van der Waals surface area contributed by atoms with E-state index in [1.807, 2.05) is 31.2 Å². The van der Waals surface area contributed by atoms with Crippen molar-refractivity contribution in [1.82, 2.24) is 10.7 Å². The Morgan fingerprint density at radius 2 is 1.96 bits per heavy atom. The lowest BCUT2D eigenvalue weighted by molar-refractivity contribution is -0.140. The van der Waals surface area contributed by atoms with E-state index < -0.39 is 0 Å². The number of methoxy groups -OCH3 is 1. The number of nitrogens with zero attached hydrogens (tertiary/aromatic N) is 1. The average Bonchev–Trinajstić information content (AvgIpc) is 2.61. The van der Waals surface area contributed by atoms with Crippen LogP contribution in [0.15, 0.2) is 29.4 Å². The van der Waals surface area contributed by atoms with E-state index in [1.54, 1.807) is 0 Å². The van der Waals surface area contributed by atoms with Crippen LogP contribution in [0, 0.1) is 0 Å². The summed E-state index contributed by atoms with van der Waals surface area (Å²) >= 11 is 5.18. The van der Waals surface area contributed by atoms with Gasteiger partial charge >= 0.3 is 5.97 Å². The average molecular weight is 378 g/mol. The van der Waals surface area contributed by atoms with Gasteiger partial charge in [0.05, 0.1) is 12.8 Å². The minimum Gasteiger partial charge on any atom is -0.469 e. The van der Waals surface area contributed by atoms with Gasteiger partial charge in [0, 0.05) is 25.6 Å². The van der Waals surface area contributed by atoms with E-state index in [2.05, 4.69) is 25.9 Å². The van der Waals surface area contributed by atoms with Gasteiger partial charge in [-0.1, -0.05) is 18.6 Å². The van der Waals surface area contributed by atoms with Crippen molar-refractivity contribution in [1.29, 1.82) is 0 Å². The van der Waals surface area contributed by atoms with Crippen LogP contribution in [0.25, 0.3) is 0 Å². The zero-order chi connectivity index (χ0) is 19.4. The predicted octanol–water partition coefficient (Wildman–Crippen LogP) is 2.57. The van der Waals surface area contributed by atoms with E-state index >= 15 is 0 Å². The van der Waals surface area contributed by atoms with Crippen LogP contribution in [-0.2, 0) is 14.3 Å². The van der Waals surface area contributed by atoms with Gasteiger partial charge in [0.1, 0.15) is 0 Å². The number of rotatable bonds is 9. The van der Waals surface area contributed by atoms with Gasteiger partial charge in [0.2, 0.25) is 5.91 Å². The van der Waals surface area contributed by atoms with Crippen molar-refractivity contribution in [3.05, 3.63) is 29.8 Å². The molecule has 0 unspecified atom stereocenters. The van der Waals surface area contributed by atoms with Gasteiger partial charge in [0.25, 0.3) is 0 Å². The first-order valence-electron chi connectivity index (χ1n) is 8.45. The molecule has 0 heterocycles. The Morgan fingerprint density at radius 3 is 2.65 bits per heavy atom. The summed E-state index contributed by atoms with van der Waals surface area (Å²) in [5.74, 6) is -0.297. The molecule has 1 aromatic carbocycles. The number of carbonyl (C=O) groups is 2. The summed E-state index contributed by atoms with van der Waals surface area (Å²) in [4.78, 5) is 22.1. The molecule has 0 aromatic heterocycles.